The highest BCUT2D eigenvalue weighted by Crippen LogP contribution is 2.57. The van der Waals surface area contributed by atoms with Gasteiger partial charge in [-0.3, -0.25) is 4.79 Å². The molecule has 0 spiro atoms. The molecule has 4 nitrogen and oxygen atoms in total. The zero-order valence-corrected chi connectivity index (χ0v) is 16.9. The number of methoxy groups -OCH3 is 1. The average molecular weight is 396 g/mol. The molecule has 2 rings (SSSR count). The second-order valence-corrected chi connectivity index (χ2v) is 13.6. The van der Waals surface area contributed by atoms with Crippen molar-refractivity contribution in [2.45, 2.75) is 0 Å². The van der Waals surface area contributed by atoms with Crippen LogP contribution in [0.1, 0.15) is 5.56 Å². The van der Waals surface area contributed by atoms with Crippen LogP contribution in [0.2, 0.25) is 5.02 Å². The van der Waals surface area contributed by atoms with E-state index in [0.29, 0.717) is 16.5 Å². The number of benzene rings is 2. The Hall–Kier alpha value is -1.60. The van der Waals surface area contributed by atoms with Crippen LogP contribution >= 0.6 is 26.7 Å². The molecule has 0 aromatic heterocycles. The highest BCUT2D eigenvalue weighted by atomic mass is 35.5. The molecule has 0 aliphatic heterocycles. The van der Waals surface area contributed by atoms with Crippen molar-refractivity contribution in [3.63, 3.8) is 0 Å². The van der Waals surface area contributed by atoms with Gasteiger partial charge in [-0.2, -0.15) is 0 Å². The number of hydrogen-bond donors (Lipinski definition) is 1. The summed E-state index contributed by atoms with van der Waals surface area (Å²) >= 11 is 5.90. The largest absolute Gasteiger partial charge is 0.496 e. The minimum absolute atomic E-state index is 0.173. The fourth-order valence-corrected chi connectivity index (χ4v) is 5.69. The van der Waals surface area contributed by atoms with Gasteiger partial charge in [-0.25, -0.2) is 0 Å². The van der Waals surface area contributed by atoms with Crippen LogP contribution in [0.15, 0.2) is 48.5 Å². The van der Waals surface area contributed by atoms with Gasteiger partial charge in [0, 0.05) is 22.1 Å². The van der Waals surface area contributed by atoms with Crippen LogP contribution in [0.4, 0.5) is 5.69 Å². The zero-order chi connectivity index (χ0) is 18.4. The van der Waals surface area contributed by atoms with Gasteiger partial charge in [0.05, 0.1) is 7.11 Å². The molecule has 25 heavy (non-hydrogen) atoms. The van der Waals surface area contributed by atoms with Crippen LogP contribution in [0.5, 0.6) is 5.75 Å². The van der Waals surface area contributed by atoms with Crippen LogP contribution in [-0.2, 0) is 9.36 Å². The van der Waals surface area contributed by atoms with Crippen LogP contribution in [-0.4, -0.2) is 26.3 Å². The quantitative estimate of drug-likeness (QED) is 0.562. The summed E-state index contributed by atoms with van der Waals surface area (Å²) in [7, 11) is 1.76. The molecular formula is C18H20ClNO3P2. The normalized spacial score (nSPS) is 12.0. The maximum Gasteiger partial charge on any atom is 0.248 e. The van der Waals surface area contributed by atoms with Crippen molar-refractivity contribution in [3.8, 4) is 5.75 Å². The van der Waals surface area contributed by atoms with E-state index in [1.165, 1.54) is 6.08 Å². The molecule has 0 bridgehead atoms. The summed E-state index contributed by atoms with van der Waals surface area (Å²) < 4.78 is 17.5. The standard InChI is InChI=1S/C18H20ClNO3P2/c1-23-16-9-7-13(11-17(16)24-25(2,3)22)8-10-18(21)20-15-6-4-5-14(19)12-15/h4-12,24H,1-3H3,(H,20,21). The average Bonchev–Trinajstić information content (AvgIpc) is 2.51. The molecule has 0 aliphatic carbocycles. The maximum atomic E-state index is 12.1. The molecule has 0 saturated carbocycles. The Labute approximate surface area is 154 Å². The minimum Gasteiger partial charge on any atom is -0.496 e. The van der Waals surface area contributed by atoms with Crippen molar-refractivity contribution in [2.75, 3.05) is 25.8 Å². The van der Waals surface area contributed by atoms with Crippen molar-refractivity contribution in [1.29, 1.82) is 0 Å². The third kappa shape index (κ3) is 6.66. The van der Waals surface area contributed by atoms with Gasteiger partial charge in [0.1, 0.15) is 12.6 Å². The van der Waals surface area contributed by atoms with Gasteiger partial charge >= 0.3 is 0 Å². The van der Waals surface area contributed by atoms with Gasteiger partial charge in [0.2, 0.25) is 5.91 Å². The Morgan fingerprint density at radius 2 is 2.00 bits per heavy atom. The third-order valence-electron chi connectivity index (χ3n) is 3.13. The topological polar surface area (TPSA) is 55.4 Å². The Kier molecular flexibility index (Phi) is 6.84. The lowest BCUT2D eigenvalue weighted by molar-refractivity contribution is -0.111. The predicted molar refractivity (Wildman–Crippen MR) is 110 cm³/mol. The van der Waals surface area contributed by atoms with E-state index in [0.717, 1.165) is 10.9 Å². The molecule has 0 aliphatic rings. The maximum absolute atomic E-state index is 12.1. The molecule has 1 N–H and O–H groups in total. The van der Waals surface area contributed by atoms with Gasteiger partial charge in [0.25, 0.3) is 0 Å². The number of ether oxygens (including phenoxy) is 1. The van der Waals surface area contributed by atoms with E-state index in [2.05, 4.69) is 5.32 Å². The molecule has 2 aromatic carbocycles. The number of anilines is 1. The molecule has 1 amide bonds. The summed E-state index contributed by atoms with van der Waals surface area (Å²) in [5, 5.41) is 4.21. The molecule has 0 radical (unpaired) electrons. The summed E-state index contributed by atoms with van der Waals surface area (Å²) in [6.45, 7) is 1.31. The van der Waals surface area contributed by atoms with Crippen molar-refractivity contribution in [2.24, 2.45) is 0 Å². The van der Waals surface area contributed by atoms with E-state index >= 15 is 0 Å². The van der Waals surface area contributed by atoms with Crippen LogP contribution in [0, 0.1) is 0 Å². The second kappa shape index (κ2) is 8.67. The van der Waals surface area contributed by atoms with E-state index < -0.39 is 6.83 Å². The Balaban J connectivity index is 2.13. The van der Waals surface area contributed by atoms with Gasteiger partial charge in [0.15, 0.2) is 0 Å². The van der Waals surface area contributed by atoms with Gasteiger partial charge < -0.3 is 14.6 Å². The van der Waals surface area contributed by atoms with Crippen molar-refractivity contribution in [1.82, 2.24) is 0 Å². The molecule has 0 saturated heterocycles. The highest BCUT2D eigenvalue weighted by molar-refractivity contribution is 8.27. The fraction of sp³-hybridized carbons (Fsp3) is 0.167. The van der Waals surface area contributed by atoms with Crippen LogP contribution in [0.25, 0.3) is 6.08 Å². The third-order valence-corrected chi connectivity index (χ3v) is 6.88. The van der Waals surface area contributed by atoms with E-state index in [1.807, 2.05) is 18.2 Å². The van der Waals surface area contributed by atoms with Gasteiger partial charge in [-0.1, -0.05) is 23.7 Å². The SMILES string of the molecule is COc1ccc(C=CC(=O)Nc2cccc(Cl)c2)cc1PP(C)(C)=O. The number of nitrogens with one attached hydrogen (secondary N) is 1. The molecule has 7 heteroatoms. The summed E-state index contributed by atoms with van der Waals surface area (Å²) in [6.07, 6.45) is 3.16. The van der Waals surface area contributed by atoms with E-state index in [1.54, 1.807) is 50.8 Å². The fourth-order valence-electron chi connectivity index (χ4n) is 2.13. The number of halogens is 1. The van der Waals surface area contributed by atoms with Crippen molar-refractivity contribution < 1.29 is 14.1 Å². The lowest BCUT2D eigenvalue weighted by Crippen LogP contribution is -2.07. The molecule has 1 unspecified atom stereocenters. The Morgan fingerprint density at radius 3 is 2.64 bits per heavy atom. The van der Waals surface area contributed by atoms with E-state index in [4.69, 9.17) is 16.3 Å². The lowest BCUT2D eigenvalue weighted by atomic mass is 10.2. The van der Waals surface area contributed by atoms with Gasteiger partial charge in [-0.05, 0) is 63.6 Å². The Morgan fingerprint density at radius 1 is 1.24 bits per heavy atom. The number of carbonyl (C=O) groups excluding carboxylic acids is 1. The first-order valence-corrected chi connectivity index (χ1v) is 12.3. The number of hydrogen-bond acceptors (Lipinski definition) is 3. The monoisotopic (exact) mass is 395 g/mol. The first-order valence-electron chi connectivity index (χ1n) is 7.53. The zero-order valence-electron chi connectivity index (χ0n) is 14.2. The number of rotatable bonds is 6. The highest BCUT2D eigenvalue weighted by Gasteiger charge is 2.13. The van der Waals surface area contributed by atoms with Crippen molar-refractivity contribution in [3.05, 3.63) is 59.1 Å². The van der Waals surface area contributed by atoms with E-state index in [-0.39, 0.29) is 14.2 Å². The van der Waals surface area contributed by atoms with Crippen molar-refractivity contribution >= 4 is 49.7 Å². The lowest BCUT2D eigenvalue weighted by Gasteiger charge is -2.12. The number of carbonyl (C=O) groups is 1. The predicted octanol–water partition coefficient (Wildman–Crippen LogP) is 4.84. The smallest absolute Gasteiger partial charge is 0.248 e. The molecule has 0 heterocycles. The molecule has 0 fully saturated rings. The minimum atomic E-state index is -2.20. The summed E-state index contributed by atoms with van der Waals surface area (Å²) in [5.41, 5.74) is 1.48. The molecule has 132 valence electrons. The first kappa shape index (κ1) is 19.7. The Bertz CT molecular complexity index is 846. The van der Waals surface area contributed by atoms with E-state index in [9.17, 15) is 9.36 Å². The second-order valence-electron chi connectivity index (χ2n) is 5.76. The van der Waals surface area contributed by atoms with Crippen LogP contribution < -0.4 is 15.4 Å². The number of amides is 1. The first-order chi connectivity index (χ1) is 11.8. The summed E-state index contributed by atoms with van der Waals surface area (Å²) in [4.78, 5) is 12.0. The van der Waals surface area contributed by atoms with Gasteiger partial charge in [-0.15, -0.1) is 0 Å². The summed E-state index contributed by atoms with van der Waals surface area (Å²) in [5.74, 6) is 0.460. The molecule has 2 aromatic rings. The molecular weight excluding hydrogens is 376 g/mol. The summed E-state index contributed by atoms with van der Waals surface area (Å²) in [6, 6.07) is 12.5. The molecule has 1 atom stereocenters. The van der Waals surface area contributed by atoms with Crippen LogP contribution in [0.3, 0.4) is 0 Å².